The van der Waals surface area contributed by atoms with E-state index in [2.05, 4.69) is 53.3 Å². The summed E-state index contributed by atoms with van der Waals surface area (Å²) in [5, 5.41) is 3.99. The van der Waals surface area contributed by atoms with Gasteiger partial charge in [-0.05, 0) is 43.7 Å². The lowest BCUT2D eigenvalue weighted by Gasteiger charge is -2.16. The monoisotopic (exact) mass is 329 g/mol. The van der Waals surface area contributed by atoms with Crippen molar-refractivity contribution in [2.75, 3.05) is 13.2 Å². The standard InChI is InChI=1S/C14H20BrNOS/c1-3-16-9-11-8-12(15)4-5-14(11)18-13-6-7-17-10(13)2/h4-5,8,10,13,16H,3,6-7,9H2,1-2H3. The first kappa shape index (κ1) is 14.4. The van der Waals surface area contributed by atoms with E-state index in [4.69, 9.17) is 4.74 Å². The van der Waals surface area contributed by atoms with Crippen LogP contribution in [0, 0.1) is 0 Å². The molecule has 0 amide bonds. The van der Waals surface area contributed by atoms with Gasteiger partial charge in [-0.3, -0.25) is 0 Å². The van der Waals surface area contributed by atoms with Crippen molar-refractivity contribution < 1.29 is 4.74 Å². The number of nitrogens with one attached hydrogen (secondary N) is 1. The first-order valence-corrected chi connectivity index (χ1v) is 8.15. The van der Waals surface area contributed by atoms with Crippen LogP contribution >= 0.6 is 27.7 Å². The zero-order valence-electron chi connectivity index (χ0n) is 10.9. The summed E-state index contributed by atoms with van der Waals surface area (Å²) in [5.41, 5.74) is 1.37. The molecule has 0 aromatic heterocycles. The van der Waals surface area contributed by atoms with Crippen molar-refractivity contribution in [1.29, 1.82) is 0 Å². The Morgan fingerprint density at radius 1 is 1.50 bits per heavy atom. The fraction of sp³-hybridized carbons (Fsp3) is 0.571. The Balaban J connectivity index is 2.10. The van der Waals surface area contributed by atoms with E-state index < -0.39 is 0 Å². The minimum Gasteiger partial charge on any atom is -0.377 e. The maximum Gasteiger partial charge on any atom is 0.0669 e. The van der Waals surface area contributed by atoms with Gasteiger partial charge in [-0.15, -0.1) is 11.8 Å². The summed E-state index contributed by atoms with van der Waals surface area (Å²) >= 11 is 5.51. The van der Waals surface area contributed by atoms with E-state index in [0.717, 1.165) is 30.6 Å². The lowest BCUT2D eigenvalue weighted by Crippen LogP contribution is -2.15. The van der Waals surface area contributed by atoms with Gasteiger partial charge in [0, 0.05) is 27.8 Å². The average Bonchev–Trinajstić information content (AvgIpc) is 2.75. The van der Waals surface area contributed by atoms with Gasteiger partial charge in [-0.2, -0.15) is 0 Å². The maximum absolute atomic E-state index is 5.64. The van der Waals surface area contributed by atoms with Crippen LogP contribution in [0.2, 0.25) is 0 Å². The topological polar surface area (TPSA) is 21.3 Å². The number of halogens is 1. The minimum absolute atomic E-state index is 0.366. The van der Waals surface area contributed by atoms with E-state index in [-0.39, 0.29) is 0 Å². The van der Waals surface area contributed by atoms with Crippen LogP contribution in [0.25, 0.3) is 0 Å². The molecule has 2 atom stereocenters. The molecule has 0 aliphatic carbocycles. The molecular weight excluding hydrogens is 310 g/mol. The van der Waals surface area contributed by atoms with Crippen molar-refractivity contribution in [3.05, 3.63) is 28.2 Å². The summed E-state index contributed by atoms with van der Waals surface area (Å²) in [5.74, 6) is 0. The summed E-state index contributed by atoms with van der Waals surface area (Å²) in [6.07, 6.45) is 1.52. The number of hydrogen-bond donors (Lipinski definition) is 1. The summed E-state index contributed by atoms with van der Waals surface area (Å²) in [4.78, 5) is 1.38. The quantitative estimate of drug-likeness (QED) is 0.887. The van der Waals surface area contributed by atoms with Crippen LogP contribution in [0.3, 0.4) is 0 Å². The van der Waals surface area contributed by atoms with Gasteiger partial charge < -0.3 is 10.1 Å². The highest BCUT2D eigenvalue weighted by Crippen LogP contribution is 2.35. The molecule has 2 nitrogen and oxygen atoms in total. The van der Waals surface area contributed by atoms with Crippen molar-refractivity contribution in [2.24, 2.45) is 0 Å². The van der Waals surface area contributed by atoms with Crippen molar-refractivity contribution in [3.8, 4) is 0 Å². The number of hydrogen-bond acceptors (Lipinski definition) is 3. The zero-order valence-corrected chi connectivity index (χ0v) is 13.3. The third-order valence-corrected chi connectivity index (χ3v) is 5.24. The van der Waals surface area contributed by atoms with Crippen LogP contribution in [0.5, 0.6) is 0 Å². The Morgan fingerprint density at radius 3 is 3.00 bits per heavy atom. The molecule has 0 saturated carbocycles. The van der Waals surface area contributed by atoms with E-state index in [1.807, 2.05) is 11.8 Å². The third kappa shape index (κ3) is 3.73. The summed E-state index contributed by atoms with van der Waals surface area (Å²) in [7, 11) is 0. The van der Waals surface area contributed by atoms with Crippen molar-refractivity contribution in [3.63, 3.8) is 0 Å². The predicted molar refractivity (Wildman–Crippen MR) is 81.2 cm³/mol. The van der Waals surface area contributed by atoms with E-state index >= 15 is 0 Å². The Labute approximate surface area is 122 Å². The fourth-order valence-electron chi connectivity index (χ4n) is 2.09. The molecule has 2 rings (SSSR count). The van der Waals surface area contributed by atoms with Crippen molar-refractivity contribution >= 4 is 27.7 Å². The largest absolute Gasteiger partial charge is 0.377 e. The van der Waals surface area contributed by atoms with E-state index in [1.165, 1.54) is 10.5 Å². The molecule has 4 heteroatoms. The van der Waals surface area contributed by atoms with Gasteiger partial charge in [-0.1, -0.05) is 22.9 Å². The Hall–Kier alpha value is -0.0300. The van der Waals surface area contributed by atoms with Crippen LogP contribution in [0.15, 0.2) is 27.6 Å². The van der Waals surface area contributed by atoms with Crippen molar-refractivity contribution in [1.82, 2.24) is 5.32 Å². The highest BCUT2D eigenvalue weighted by atomic mass is 79.9. The van der Waals surface area contributed by atoms with E-state index in [1.54, 1.807) is 0 Å². The van der Waals surface area contributed by atoms with Crippen LogP contribution in [-0.4, -0.2) is 24.5 Å². The third-order valence-electron chi connectivity index (χ3n) is 3.17. The minimum atomic E-state index is 0.366. The fourth-order valence-corrected chi connectivity index (χ4v) is 3.74. The second-order valence-corrected chi connectivity index (χ2v) is 6.75. The lowest BCUT2D eigenvalue weighted by molar-refractivity contribution is 0.127. The molecule has 2 unspecified atom stereocenters. The zero-order chi connectivity index (χ0) is 13.0. The molecular formula is C14H20BrNOS. The average molecular weight is 330 g/mol. The first-order valence-electron chi connectivity index (χ1n) is 6.48. The Morgan fingerprint density at radius 2 is 2.33 bits per heavy atom. The van der Waals surface area contributed by atoms with Crippen LogP contribution in [-0.2, 0) is 11.3 Å². The van der Waals surface area contributed by atoms with E-state index in [9.17, 15) is 0 Å². The summed E-state index contributed by atoms with van der Waals surface area (Å²) in [6.45, 7) is 7.14. The Kier molecular flexibility index (Phi) is 5.55. The molecule has 100 valence electrons. The molecule has 0 spiro atoms. The van der Waals surface area contributed by atoms with Gasteiger partial charge in [-0.25, -0.2) is 0 Å². The molecule has 0 radical (unpaired) electrons. The normalized spacial score (nSPS) is 23.5. The van der Waals surface area contributed by atoms with Gasteiger partial charge in [0.15, 0.2) is 0 Å². The molecule has 1 fully saturated rings. The Bertz CT molecular complexity index is 399. The lowest BCUT2D eigenvalue weighted by atomic mass is 10.2. The summed E-state index contributed by atoms with van der Waals surface area (Å²) < 4.78 is 6.79. The molecule has 0 bridgehead atoms. The van der Waals surface area contributed by atoms with Crippen molar-refractivity contribution in [2.45, 2.75) is 43.1 Å². The smallest absolute Gasteiger partial charge is 0.0669 e. The van der Waals surface area contributed by atoms with Crippen LogP contribution in [0.1, 0.15) is 25.8 Å². The molecule has 1 saturated heterocycles. The second-order valence-electron chi connectivity index (χ2n) is 4.55. The highest BCUT2D eigenvalue weighted by Gasteiger charge is 2.25. The SMILES string of the molecule is CCNCc1cc(Br)ccc1SC1CCOC1C. The molecule has 1 aromatic rings. The molecule has 18 heavy (non-hydrogen) atoms. The second kappa shape index (κ2) is 6.94. The maximum atomic E-state index is 5.64. The van der Waals surface area contributed by atoms with Crippen LogP contribution in [0.4, 0.5) is 0 Å². The first-order chi connectivity index (χ1) is 8.70. The van der Waals surface area contributed by atoms with Gasteiger partial charge in [0.25, 0.3) is 0 Å². The van der Waals surface area contributed by atoms with Gasteiger partial charge in [0.05, 0.1) is 6.10 Å². The van der Waals surface area contributed by atoms with Gasteiger partial charge in [0.2, 0.25) is 0 Å². The number of benzene rings is 1. The van der Waals surface area contributed by atoms with Gasteiger partial charge in [0.1, 0.15) is 0 Å². The number of thioether (sulfide) groups is 1. The van der Waals surface area contributed by atoms with E-state index in [0.29, 0.717) is 11.4 Å². The molecule has 1 N–H and O–H groups in total. The molecule has 1 aromatic carbocycles. The predicted octanol–water partition coefficient (Wildman–Crippen LogP) is 3.83. The molecule has 1 aliphatic rings. The number of ether oxygens (including phenoxy) is 1. The highest BCUT2D eigenvalue weighted by molar-refractivity contribution is 9.10. The molecule has 1 heterocycles. The summed E-state index contributed by atoms with van der Waals surface area (Å²) in [6, 6.07) is 6.55. The molecule has 1 aliphatic heterocycles. The number of rotatable bonds is 5. The van der Waals surface area contributed by atoms with Gasteiger partial charge >= 0.3 is 0 Å². The van der Waals surface area contributed by atoms with Crippen LogP contribution < -0.4 is 5.32 Å².